The van der Waals surface area contributed by atoms with E-state index in [0.717, 1.165) is 7.11 Å². The van der Waals surface area contributed by atoms with E-state index in [1.807, 2.05) is 0 Å². The van der Waals surface area contributed by atoms with Crippen LogP contribution in [-0.4, -0.2) is 32.1 Å². The van der Waals surface area contributed by atoms with Crippen molar-refractivity contribution in [1.29, 1.82) is 0 Å². The van der Waals surface area contributed by atoms with Crippen molar-refractivity contribution in [2.45, 2.75) is 31.6 Å². The number of unbranched alkanes of at least 4 members (excludes halogenated alkanes) is 1. The lowest BCUT2D eigenvalue weighted by Gasteiger charge is -2.12. The highest BCUT2D eigenvalue weighted by molar-refractivity contribution is 5.77. The molecular formula is C9H14F2O4. The summed E-state index contributed by atoms with van der Waals surface area (Å²) in [6, 6.07) is 0. The molecule has 0 radical (unpaired) electrons. The Balaban J connectivity index is 3.75. The smallest absolute Gasteiger partial charge is 0.376 e. The third-order valence-electron chi connectivity index (χ3n) is 1.83. The molecular weight excluding hydrogens is 210 g/mol. The van der Waals surface area contributed by atoms with Gasteiger partial charge in [-0.25, -0.2) is 4.79 Å². The molecule has 0 heterocycles. The molecule has 0 atom stereocenters. The first-order valence-electron chi connectivity index (χ1n) is 4.47. The molecule has 0 rings (SSSR count). The van der Waals surface area contributed by atoms with E-state index in [1.54, 1.807) is 0 Å². The summed E-state index contributed by atoms with van der Waals surface area (Å²) in [5.41, 5.74) is 0. The molecule has 0 aliphatic rings. The molecule has 88 valence electrons. The van der Waals surface area contributed by atoms with Crippen LogP contribution in [0.5, 0.6) is 0 Å². The van der Waals surface area contributed by atoms with E-state index in [1.165, 1.54) is 7.11 Å². The summed E-state index contributed by atoms with van der Waals surface area (Å²) >= 11 is 0. The Morgan fingerprint density at radius 3 is 2.20 bits per heavy atom. The Labute approximate surface area is 86.5 Å². The number of rotatable bonds is 6. The second-order valence-corrected chi connectivity index (χ2v) is 2.98. The zero-order valence-corrected chi connectivity index (χ0v) is 8.72. The molecule has 4 nitrogen and oxygen atoms in total. The summed E-state index contributed by atoms with van der Waals surface area (Å²) < 4.78 is 33.9. The van der Waals surface area contributed by atoms with Gasteiger partial charge in [0.1, 0.15) is 0 Å². The van der Waals surface area contributed by atoms with Crippen molar-refractivity contribution in [2.75, 3.05) is 14.2 Å². The van der Waals surface area contributed by atoms with Crippen molar-refractivity contribution in [3.8, 4) is 0 Å². The van der Waals surface area contributed by atoms with Gasteiger partial charge in [-0.15, -0.1) is 0 Å². The first-order chi connectivity index (χ1) is 6.94. The number of methoxy groups -OCH3 is 2. The fraction of sp³-hybridized carbons (Fsp3) is 0.778. The molecule has 0 aromatic heterocycles. The Hall–Kier alpha value is -1.20. The summed E-state index contributed by atoms with van der Waals surface area (Å²) in [7, 11) is 2.13. The number of esters is 2. The van der Waals surface area contributed by atoms with Crippen LogP contribution in [0.2, 0.25) is 0 Å². The molecule has 0 aliphatic carbocycles. The summed E-state index contributed by atoms with van der Waals surface area (Å²) in [6.07, 6.45) is -0.207. The Morgan fingerprint density at radius 2 is 1.73 bits per heavy atom. The lowest BCUT2D eigenvalue weighted by Crippen LogP contribution is -2.29. The van der Waals surface area contributed by atoms with Crippen LogP contribution in [0.3, 0.4) is 0 Å². The minimum absolute atomic E-state index is 0.0667. The molecule has 15 heavy (non-hydrogen) atoms. The van der Waals surface area contributed by atoms with Crippen LogP contribution in [0.15, 0.2) is 0 Å². The summed E-state index contributed by atoms with van der Waals surface area (Å²) in [4.78, 5) is 21.2. The summed E-state index contributed by atoms with van der Waals surface area (Å²) in [5, 5.41) is 0. The monoisotopic (exact) mass is 224 g/mol. The molecule has 6 heteroatoms. The lowest BCUT2D eigenvalue weighted by molar-refractivity contribution is -0.169. The normalized spacial score (nSPS) is 10.9. The first kappa shape index (κ1) is 13.8. The van der Waals surface area contributed by atoms with Gasteiger partial charge in [0, 0.05) is 12.8 Å². The highest BCUT2D eigenvalue weighted by atomic mass is 19.3. The molecule has 0 aromatic rings. The van der Waals surface area contributed by atoms with Crippen LogP contribution < -0.4 is 0 Å². The topological polar surface area (TPSA) is 52.6 Å². The maximum Gasteiger partial charge on any atom is 0.376 e. The highest BCUT2D eigenvalue weighted by Gasteiger charge is 2.39. The standard InChI is InChI=1S/C9H14F2O4/c1-14-7(12)5-3-4-6-9(10,11)8(13)15-2/h3-6H2,1-2H3. The van der Waals surface area contributed by atoms with Crippen molar-refractivity contribution in [1.82, 2.24) is 0 Å². The minimum Gasteiger partial charge on any atom is -0.469 e. The molecule has 0 fully saturated rings. The van der Waals surface area contributed by atoms with E-state index >= 15 is 0 Å². The second-order valence-electron chi connectivity index (χ2n) is 2.98. The van der Waals surface area contributed by atoms with Gasteiger partial charge < -0.3 is 9.47 Å². The van der Waals surface area contributed by atoms with E-state index in [-0.39, 0.29) is 19.3 Å². The molecule has 0 bridgehead atoms. The largest absolute Gasteiger partial charge is 0.469 e. The van der Waals surface area contributed by atoms with Crippen LogP contribution in [0.4, 0.5) is 8.78 Å². The second kappa shape index (κ2) is 6.31. The summed E-state index contributed by atoms with van der Waals surface area (Å²) in [5.74, 6) is -5.46. The van der Waals surface area contributed by atoms with Gasteiger partial charge in [-0.1, -0.05) is 0 Å². The molecule has 0 aromatic carbocycles. The number of halogens is 2. The van der Waals surface area contributed by atoms with E-state index in [2.05, 4.69) is 9.47 Å². The quantitative estimate of drug-likeness (QED) is 0.507. The third-order valence-corrected chi connectivity index (χ3v) is 1.83. The molecule has 0 saturated carbocycles. The van der Waals surface area contributed by atoms with Gasteiger partial charge >= 0.3 is 17.9 Å². The van der Waals surface area contributed by atoms with Gasteiger partial charge in [-0.2, -0.15) is 8.78 Å². The van der Waals surface area contributed by atoms with Crippen molar-refractivity contribution in [3.05, 3.63) is 0 Å². The highest BCUT2D eigenvalue weighted by Crippen LogP contribution is 2.23. The Morgan fingerprint density at radius 1 is 1.13 bits per heavy atom. The van der Waals surface area contributed by atoms with Crippen LogP contribution >= 0.6 is 0 Å². The predicted molar refractivity (Wildman–Crippen MR) is 47.4 cm³/mol. The van der Waals surface area contributed by atoms with Gasteiger partial charge in [-0.05, 0) is 12.8 Å². The van der Waals surface area contributed by atoms with Gasteiger partial charge in [0.15, 0.2) is 0 Å². The lowest BCUT2D eigenvalue weighted by atomic mass is 10.1. The van der Waals surface area contributed by atoms with Gasteiger partial charge in [0.25, 0.3) is 0 Å². The first-order valence-corrected chi connectivity index (χ1v) is 4.47. The van der Waals surface area contributed by atoms with Gasteiger partial charge in [-0.3, -0.25) is 4.79 Å². The molecule has 0 saturated heterocycles. The number of carbonyl (C=O) groups excluding carboxylic acids is 2. The zero-order valence-electron chi connectivity index (χ0n) is 8.72. The van der Waals surface area contributed by atoms with Crippen molar-refractivity contribution >= 4 is 11.9 Å². The number of ether oxygens (including phenoxy) is 2. The maximum atomic E-state index is 12.8. The minimum atomic E-state index is -3.47. The van der Waals surface area contributed by atoms with E-state index in [9.17, 15) is 18.4 Å². The van der Waals surface area contributed by atoms with Crippen molar-refractivity contribution < 1.29 is 27.8 Å². The van der Waals surface area contributed by atoms with Gasteiger partial charge in [0.05, 0.1) is 14.2 Å². The van der Waals surface area contributed by atoms with Crippen LogP contribution in [0.25, 0.3) is 0 Å². The van der Waals surface area contributed by atoms with E-state index < -0.39 is 24.3 Å². The third kappa shape index (κ3) is 5.29. The SMILES string of the molecule is COC(=O)CCCCC(F)(F)C(=O)OC. The number of hydrogen-bond donors (Lipinski definition) is 0. The molecule has 0 unspecified atom stereocenters. The molecule has 0 aliphatic heterocycles. The number of carbonyl (C=O) groups is 2. The molecule has 0 amide bonds. The fourth-order valence-electron chi connectivity index (χ4n) is 0.970. The average Bonchev–Trinajstić information content (AvgIpc) is 2.22. The number of alkyl halides is 2. The van der Waals surface area contributed by atoms with E-state index in [4.69, 9.17) is 0 Å². The van der Waals surface area contributed by atoms with Crippen LogP contribution in [-0.2, 0) is 19.1 Å². The van der Waals surface area contributed by atoms with Crippen LogP contribution in [0.1, 0.15) is 25.7 Å². The molecule has 0 N–H and O–H groups in total. The summed E-state index contributed by atoms with van der Waals surface area (Å²) in [6.45, 7) is 0. The zero-order chi connectivity index (χ0) is 11.9. The fourth-order valence-corrected chi connectivity index (χ4v) is 0.970. The van der Waals surface area contributed by atoms with E-state index in [0.29, 0.717) is 0 Å². The average molecular weight is 224 g/mol. The Kier molecular flexibility index (Phi) is 5.81. The molecule has 0 spiro atoms. The van der Waals surface area contributed by atoms with Crippen LogP contribution in [0, 0.1) is 0 Å². The van der Waals surface area contributed by atoms with Crippen molar-refractivity contribution in [2.24, 2.45) is 0 Å². The maximum absolute atomic E-state index is 12.8. The predicted octanol–water partition coefficient (Wildman–Crippen LogP) is 1.53. The Bertz CT molecular complexity index is 228. The van der Waals surface area contributed by atoms with Crippen molar-refractivity contribution in [3.63, 3.8) is 0 Å². The number of hydrogen-bond acceptors (Lipinski definition) is 4. The van der Waals surface area contributed by atoms with Gasteiger partial charge in [0.2, 0.25) is 0 Å².